The van der Waals surface area contributed by atoms with Crippen molar-refractivity contribution < 1.29 is 14.0 Å². The van der Waals surface area contributed by atoms with Gasteiger partial charge in [-0.05, 0) is 31.0 Å². The molecule has 0 saturated heterocycles. The van der Waals surface area contributed by atoms with Crippen LogP contribution in [0.5, 0.6) is 0 Å². The lowest BCUT2D eigenvalue weighted by atomic mass is 10.1. The summed E-state index contributed by atoms with van der Waals surface area (Å²) in [5, 5.41) is 12.6. The maximum absolute atomic E-state index is 13.2. The average molecular weight is 235 g/mol. The molecule has 3 nitrogen and oxygen atoms in total. The van der Waals surface area contributed by atoms with E-state index in [1.54, 1.807) is 12.1 Å². The van der Waals surface area contributed by atoms with Gasteiger partial charge in [-0.25, -0.2) is 4.39 Å². The molecule has 0 saturated carbocycles. The standard InChI is InChI=1S/C13H14FNO2/c1-9-4-5-10(14)7-12(9)13-8-11(17-15-13)3-2-6-16/h4-5,7-8,16H,2-3,6H2,1H3. The van der Waals surface area contributed by atoms with Gasteiger partial charge in [-0.3, -0.25) is 0 Å². The highest BCUT2D eigenvalue weighted by Crippen LogP contribution is 2.24. The average Bonchev–Trinajstić information content (AvgIpc) is 2.78. The van der Waals surface area contributed by atoms with E-state index in [2.05, 4.69) is 5.16 Å². The highest BCUT2D eigenvalue weighted by molar-refractivity contribution is 5.63. The topological polar surface area (TPSA) is 46.3 Å². The van der Waals surface area contributed by atoms with Crippen molar-refractivity contribution in [2.75, 3.05) is 6.61 Å². The fourth-order valence-electron chi connectivity index (χ4n) is 1.68. The van der Waals surface area contributed by atoms with Crippen LogP contribution in [0, 0.1) is 12.7 Å². The maximum atomic E-state index is 13.2. The fraction of sp³-hybridized carbons (Fsp3) is 0.308. The van der Waals surface area contributed by atoms with Gasteiger partial charge >= 0.3 is 0 Å². The van der Waals surface area contributed by atoms with Crippen molar-refractivity contribution in [1.29, 1.82) is 0 Å². The molecule has 0 fully saturated rings. The lowest BCUT2D eigenvalue weighted by molar-refractivity contribution is 0.280. The quantitative estimate of drug-likeness (QED) is 0.886. The molecule has 1 aromatic carbocycles. The number of hydrogen-bond donors (Lipinski definition) is 1. The predicted molar refractivity (Wildman–Crippen MR) is 62.0 cm³/mol. The molecule has 0 spiro atoms. The maximum Gasteiger partial charge on any atom is 0.137 e. The van der Waals surface area contributed by atoms with E-state index >= 15 is 0 Å². The number of rotatable bonds is 4. The van der Waals surface area contributed by atoms with Gasteiger partial charge in [0, 0.05) is 24.7 Å². The van der Waals surface area contributed by atoms with Crippen LogP contribution >= 0.6 is 0 Å². The van der Waals surface area contributed by atoms with E-state index in [-0.39, 0.29) is 12.4 Å². The second kappa shape index (κ2) is 5.10. The Morgan fingerprint density at radius 2 is 2.18 bits per heavy atom. The molecule has 2 aromatic rings. The van der Waals surface area contributed by atoms with Crippen molar-refractivity contribution in [3.05, 3.63) is 41.4 Å². The minimum absolute atomic E-state index is 0.120. The lowest BCUT2D eigenvalue weighted by Crippen LogP contribution is -1.86. The van der Waals surface area contributed by atoms with Gasteiger partial charge in [0.1, 0.15) is 17.3 Å². The van der Waals surface area contributed by atoms with Crippen molar-refractivity contribution in [3.8, 4) is 11.3 Å². The Labute approximate surface area is 98.9 Å². The van der Waals surface area contributed by atoms with Crippen LogP contribution in [0.1, 0.15) is 17.7 Å². The van der Waals surface area contributed by atoms with Crippen molar-refractivity contribution >= 4 is 0 Å². The molecule has 4 heteroatoms. The smallest absolute Gasteiger partial charge is 0.137 e. The van der Waals surface area contributed by atoms with E-state index in [0.29, 0.717) is 24.3 Å². The minimum Gasteiger partial charge on any atom is -0.396 e. The Hall–Kier alpha value is -1.68. The zero-order valence-electron chi connectivity index (χ0n) is 9.61. The highest BCUT2D eigenvalue weighted by Gasteiger charge is 2.09. The van der Waals surface area contributed by atoms with Crippen LogP contribution < -0.4 is 0 Å². The molecule has 0 bridgehead atoms. The Morgan fingerprint density at radius 3 is 2.94 bits per heavy atom. The molecule has 0 amide bonds. The van der Waals surface area contributed by atoms with E-state index in [9.17, 15) is 4.39 Å². The molecule has 1 heterocycles. The SMILES string of the molecule is Cc1ccc(F)cc1-c1cc(CCCO)on1. The Balaban J connectivity index is 2.27. The third-order valence-electron chi connectivity index (χ3n) is 2.62. The molecule has 1 aromatic heterocycles. The molecule has 90 valence electrons. The second-order valence-electron chi connectivity index (χ2n) is 3.96. The summed E-state index contributed by atoms with van der Waals surface area (Å²) < 4.78 is 18.3. The molecular weight excluding hydrogens is 221 g/mol. The van der Waals surface area contributed by atoms with Gasteiger partial charge in [-0.1, -0.05) is 11.2 Å². The van der Waals surface area contributed by atoms with E-state index in [1.165, 1.54) is 12.1 Å². The molecule has 0 aliphatic carbocycles. The van der Waals surface area contributed by atoms with Crippen LogP contribution in [0.3, 0.4) is 0 Å². The first-order chi connectivity index (χ1) is 8.20. The van der Waals surface area contributed by atoms with Crippen molar-refractivity contribution in [2.24, 2.45) is 0 Å². The van der Waals surface area contributed by atoms with Crippen molar-refractivity contribution in [3.63, 3.8) is 0 Å². The zero-order valence-corrected chi connectivity index (χ0v) is 9.61. The molecule has 0 atom stereocenters. The van der Waals surface area contributed by atoms with Crippen LogP contribution in [-0.4, -0.2) is 16.9 Å². The number of aliphatic hydroxyl groups is 1. The van der Waals surface area contributed by atoms with Crippen LogP contribution in [0.25, 0.3) is 11.3 Å². The van der Waals surface area contributed by atoms with E-state index in [0.717, 1.165) is 11.1 Å². The molecule has 17 heavy (non-hydrogen) atoms. The summed E-state index contributed by atoms with van der Waals surface area (Å²) in [4.78, 5) is 0. The minimum atomic E-state index is -0.287. The second-order valence-corrected chi connectivity index (χ2v) is 3.96. The van der Waals surface area contributed by atoms with E-state index < -0.39 is 0 Å². The van der Waals surface area contributed by atoms with Crippen LogP contribution in [0.2, 0.25) is 0 Å². The zero-order chi connectivity index (χ0) is 12.3. The van der Waals surface area contributed by atoms with Crippen molar-refractivity contribution in [1.82, 2.24) is 5.16 Å². The molecule has 2 rings (SSSR count). The Bertz CT molecular complexity index is 508. The molecular formula is C13H14FNO2. The summed E-state index contributed by atoms with van der Waals surface area (Å²) >= 11 is 0. The Morgan fingerprint density at radius 1 is 1.35 bits per heavy atom. The van der Waals surface area contributed by atoms with Crippen molar-refractivity contribution in [2.45, 2.75) is 19.8 Å². The fourth-order valence-corrected chi connectivity index (χ4v) is 1.68. The number of aromatic nitrogens is 1. The predicted octanol–water partition coefficient (Wildman–Crippen LogP) is 2.71. The van der Waals surface area contributed by atoms with Gasteiger partial charge in [0.15, 0.2) is 0 Å². The molecule has 0 aliphatic heterocycles. The number of aliphatic hydroxyl groups excluding tert-OH is 1. The van der Waals surface area contributed by atoms with Gasteiger partial charge < -0.3 is 9.63 Å². The summed E-state index contributed by atoms with van der Waals surface area (Å²) in [5.74, 6) is 0.420. The summed E-state index contributed by atoms with van der Waals surface area (Å²) in [6.07, 6.45) is 1.27. The van der Waals surface area contributed by atoms with Gasteiger partial charge in [0.2, 0.25) is 0 Å². The van der Waals surface area contributed by atoms with Crippen LogP contribution in [-0.2, 0) is 6.42 Å². The monoisotopic (exact) mass is 235 g/mol. The summed E-state index contributed by atoms with van der Waals surface area (Å²) in [5.41, 5.74) is 2.33. The first kappa shape index (κ1) is 11.8. The van der Waals surface area contributed by atoms with E-state index in [4.69, 9.17) is 9.63 Å². The largest absolute Gasteiger partial charge is 0.396 e. The van der Waals surface area contributed by atoms with Crippen LogP contribution in [0.15, 0.2) is 28.8 Å². The van der Waals surface area contributed by atoms with Crippen LogP contribution in [0.4, 0.5) is 4.39 Å². The summed E-state index contributed by atoms with van der Waals surface area (Å²) in [6, 6.07) is 6.37. The van der Waals surface area contributed by atoms with Gasteiger partial charge in [0.05, 0.1) is 0 Å². The first-order valence-corrected chi connectivity index (χ1v) is 5.53. The lowest BCUT2D eigenvalue weighted by Gasteiger charge is -2.00. The third kappa shape index (κ3) is 2.71. The molecule has 0 aliphatic rings. The molecule has 0 unspecified atom stereocenters. The third-order valence-corrected chi connectivity index (χ3v) is 2.62. The number of nitrogens with zero attached hydrogens (tertiary/aromatic N) is 1. The molecule has 0 radical (unpaired) electrons. The van der Waals surface area contributed by atoms with Gasteiger partial charge in [-0.15, -0.1) is 0 Å². The summed E-state index contributed by atoms with van der Waals surface area (Å²) in [6.45, 7) is 2.02. The van der Waals surface area contributed by atoms with Gasteiger partial charge in [0.25, 0.3) is 0 Å². The first-order valence-electron chi connectivity index (χ1n) is 5.53. The van der Waals surface area contributed by atoms with E-state index in [1.807, 2.05) is 6.92 Å². The number of hydrogen-bond acceptors (Lipinski definition) is 3. The highest BCUT2D eigenvalue weighted by atomic mass is 19.1. The Kier molecular flexibility index (Phi) is 3.54. The normalized spacial score (nSPS) is 10.8. The number of halogens is 1. The summed E-state index contributed by atoms with van der Waals surface area (Å²) in [7, 11) is 0. The number of aryl methyl sites for hydroxylation is 2. The number of benzene rings is 1. The molecule has 1 N–H and O–H groups in total. The van der Waals surface area contributed by atoms with Gasteiger partial charge in [-0.2, -0.15) is 0 Å².